The van der Waals surface area contributed by atoms with Crippen molar-refractivity contribution < 1.29 is 4.74 Å². The van der Waals surface area contributed by atoms with Gasteiger partial charge in [-0.05, 0) is 29.6 Å². The van der Waals surface area contributed by atoms with E-state index in [0.717, 1.165) is 28.3 Å². The Morgan fingerprint density at radius 3 is 3.05 bits per heavy atom. The minimum atomic E-state index is 0.563. The summed E-state index contributed by atoms with van der Waals surface area (Å²) in [5, 5.41) is 2.70. The highest BCUT2D eigenvalue weighted by atomic mass is 35.5. The van der Waals surface area contributed by atoms with Crippen molar-refractivity contribution in [3.63, 3.8) is 0 Å². The maximum Gasteiger partial charge on any atom is 0.149 e. The molecule has 0 fully saturated rings. The highest BCUT2D eigenvalue weighted by Crippen LogP contribution is 2.27. The Morgan fingerprint density at radius 1 is 1.29 bits per heavy atom. The van der Waals surface area contributed by atoms with Crippen LogP contribution in [0.1, 0.15) is 0 Å². The van der Waals surface area contributed by atoms with Crippen LogP contribution < -0.4 is 9.64 Å². The number of thiophene rings is 1. The van der Waals surface area contributed by atoms with Crippen molar-refractivity contribution in [1.82, 2.24) is 9.97 Å². The highest BCUT2D eigenvalue weighted by molar-refractivity contribution is 7.17. The van der Waals surface area contributed by atoms with Crippen LogP contribution in [0, 0.1) is 0 Å². The van der Waals surface area contributed by atoms with E-state index in [-0.39, 0.29) is 0 Å². The monoisotopic (exact) mass is 319 g/mol. The van der Waals surface area contributed by atoms with E-state index < -0.39 is 0 Å². The van der Waals surface area contributed by atoms with Gasteiger partial charge >= 0.3 is 0 Å². The zero-order valence-electron chi connectivity index (χ0n) is 11.5. The van der Waals surface area contributed by atoms with Crippen LogP contribution in [0.4, 0.5) is 5.82 Å². The number of nitrogens with zero attached hydrogens (tertiary/aromatic N) is 3. The van der Waals surface area contributed by atoms with E-state index in [2.05, 4.69) is 14.9 Å². The van der Waals surface area contributed by atoms with Crippen LogP contribution in [-0.2, 0) is 0 Å². The molecule has 0 aliphatic carbocycles. The van der Waals surface area contributed by atoms with Gasteiger partial charge < -0.3 is 9.64 Å². The van der Waals surface area contributed by atoms with Crippen molar-refractivity contribution in [3.8, 4) is 5.75 Å². The van der Waals surface area contributed by atoms with E-state index in [9.17, 15) is 0 Å². The van der Waals surface area contributed by atoms with Crippen LogP contribution in [0.3, 0.4) is 0 Å². The molecule has 6 heteroatoms. The first-order chi connectivity index (χ1) is 10.2. The van der Waals surface area contributed by atoms with Gasteiger partial charge in [0.1, 0.15) is 24.5 Å². The smallest absolute Gasteiger partial charge is 0.149 e. The average Bonchev–Trinajstić information content (AvgIpc) is 2.95. The Labute approximate surface area is 132 Å². The minimum absolute atomic E-state index is 0.563. The molecule has 2 heterocycles. The molecule has 108 valence electrons. The first-order valence-corrected chi connectivity index (χ1v) is 7.77. The van der Waals surface area contributed by atoms with Crippen molar-refractivity contribution in [2.24, 2.45) is 0 Å². The van der Waals surface area contributed by atoms with Crippen LogP contribution in [-0.4, -0.2) is 30.2 Å². The fourth-order valence-electron chi connectivity index (χ4n) is 2.01. The van der Waals surface area contributed by atoms with Crippen LogP contribution in [0.15, 0.2) is 42.0 Å². The van der Waals surface area contributed by atoms with E-state index in [4.69, 9.17) is 16.3 Å². The molecule has 0 bridgehead atoms. The summed E-state index contributed by atoms with van der Waals surface area (Å²) in [5.74, 6) is 1.71. The summed E-state index contributed by atoms with van der Waals surface area (Å²) in [4.78, 5) is 10.7. The first kappa shape index (κ1) is 14.1. The molecule has 0 amide bonds. The maximum absolute atomic E-state index is 5.93. The van der Waals surface area contributed by atoms with Crippen LogP contribution in [0.5, 0.6) is 5.75 Å². The molecule has 0 aliphatic rings. The SMILES string of the molecule is CN(CCOc1cccc(Cl)c1)c1ncnc2ccsc12. The largest absolute Gasteiger partial charge is 0.492 e. The summed E-state index contributed by atoms with van der Waals surface area (Å²) in [6, 6.07) is 9.41. The fourth-order valence-corrected chi connectivity index (χ4v) is 3.08. The van der Waals surface area contributed by atoms with Gasteiger partial charge in [-0.15, -0.1) is 11.3 Å². The third-order valence-electron chi connectivity index (χ3n) is 3.08. The molecule has 21 heavy (non-hydrogen) atoms. The van der Waals surface area contributed by atoms with Crippen molar-refractivity contribution >= 4 is 39.0 Å². The quantitative estimate of drug-likeness (QED) is 0.715. The molecule has 0 unspecified atom stereocenters. The predicted molar refractivity (Wildman–Crippen MR) is 87.6 cm³/mol. The van der Waals surface area contributed by atoms with Gasteiger partial charge in [-0.25, -0.2) is 9.97 Å². The third kappa shape index (κ3) is 3.25. The molecular formula is C15H14ClN3OS. The van der Waals surface area contributed by atoms with Gasteiger partial charge in [0.05, 0.1) is 16.8 Å². The Morgan fingerprint density at radius 2 is 2.19 bits per heavy atom. The van der Waals surface area contributed by atoms with Gasteiger partial charge in [0.15, 0.2) is 0 Å². The molecule has 0 aliphatic heterocycles. The third-order valence-corrected chi connectivity index (χ3v) is 4.21. The summed E-state index contributed by atoms with van der Waals surface area (Å²) >= 11 is 7.58. The van der Waals surface area contributed by atoms with E-state index in [1.807, 2.05) is 42.8 Å². The summed E-state index contributed by atoms with van der Waals surface area (Å²) in [6.45, 7) is 1.30. The van der Waals surface area contributed by atoms with Crippen molar-refractivity contribution in [1.29, 1.82) is 0 Å². The summed E-state index contributed by atoms with van der Waals surface area (Å²) in [5.41, 5.74) is 0.979. The molecule has 0 spiro atoms. The average molecular weight is 320 g/mol. The fraction of sp³-hybridized carbons (Fsp3) is 0.200. The lowest BCUT2D eigenvalue weighted by Gasteiger charge is -2.18. The minimum Gasteiger partial charge on any atom is -0.492 e. The van der Waals surface area contributed by atoms with Gasteiger partial charge in [0.25, 0.3) is 0 Å². The van der Waals surface area contributed by atoms with E-state index >= 15 is 0 Å². The second-order valence-electron chi connectivity index (χ2n) is 4.56. The molecular weight excluding hydrogens is 306 g/mol. The lowest BCUT2D eigenvalue weighted by atomic mass is 10.3. The number of anilines is 1. The number of aromatic nitrogens is 2. The van der Waals surface area contributed by atoms with Gasteiger partial charge in [-0.3, -0.25) is 0 Å². The Kier molecular flexibility index (Phi) is 4.22. The normalized spacial score (nSPS) is 10.8. The second kappa shape index (κ2) is 6.28. The Bertz CT molecular complexity index is 746. The molecule has 3 rings (SSSR count). The maximum atomic E-state index is 5.93. The summed E-state index contributed by atoms with van der Waals surface area (Å²) in [6.07, 6.45) is 1.60. The van der Waals surface area contributed by atoms with Gasteiger partial charge in [0.2, 0.25) is 0 Å². The van der Waals surface area contributed by atoms with Gasteiger partial charge in [-0.2, -0.15) is 0 Å². The first-order valence-electron chi connectivity index (χ1n) is 6.52. The summed E-state index contributed by atoms with van der Waals surface area (Å²) < 4.78 is 6.81. The van der Waals surface area contributed by atoms with Crippen molar-refractivity contribution in [3.05, 3.63) is 47.1 Å². The molecule has 2 aromatic heterocycles. The number of ether oxygens (including phenoxy) is 1. The number of rotatable bonds is 5. The summed E-state index contributed by atoms with van der Waals surface area (Å²) in [7, 11) is 2.00. The number of benzene rings is 1. The zero-order valence-corrected chi connectivity index (χ0v) is 13.1. The molecule has 4 nitrogen and oxygen atoms in total. The van der Waals surface area contributed by atoms with Crippen molar-refractivity contribution in [2.75, 3.05) is 25.1 Å². The van der Waals surface area contributed by atoms with E-state index in [1.165, 1.54) is 0 Å². The van der Waals surface area contributed by atoms with E-state index in [1.54, 1.807) is 17.7 Å². The lowest BCUT2D eigenvalue weighted by Crippen LogP contribution is -2.24. The van der Waals surface area contributed by atoms with Crippen LogP contribution >= 0.6 is 22.9 Å². The second-order valence-corrected chi connectivity index (χ2v) is 5.91. The standard InChI is InChI=1S/C15H14ClN3OS/c1-19(6-7-20-12-4-2-3-11(16)9-12)15-14-13(5-8-21-14)17-10-18-15/h2-5,8-10H,6-7H2,1H3. The molecule has 0 N–H and O–H groups in total. The predicted octanol–water partition coefficient (Wildman–Crippen LogP) is 3.86. The number of hydrogen-bond acceptors (Lipinski definition) is 5. The lowest BCUT2D eigenvalue weighted by molar-refractivity contribution is 0.326. The highest BCUT2D eigenvalue weighted by Gasteiger charge is 2.09. The van der Waals surface area contributed by atoms with E-state index in [0.29, 0.717) is 11.6 Å². The Hall–Kier alpha value is -1.85. The van der Waals surface area contributed by atoms with Crippen LogP contribution in [0.2, 0.25) is 5.02 Å². The molecule has 1 aromatic carbocycles. The molecule has 0 atom stereocenters. The zero-order chi connectivity index (χ0) is 14.7. The number of likely N-dealkylation sites (N-methyl/N-ethyl adjacent to an activating group) is 1. The van der Waals surface area contributed by atoms with Crippen molar-refractivity contribution in [2.45, 2.75) is 0 Å². The van der Waals surface area contributed by atoms with Crippen LogP contribution in [0.25, 0.3) is 10.2 Å². The van der Waals surface area contributed by atoms with Gasteiger partial charge in [0, 0.05) is 12.1 Å². The number of halogens is 1. The molecule has 0 saturated heterocycles. The Balaban J connectivity index is 1.64. The topological polar surface area (TPSA) is 38.2 Å². The molecule has 3 aromatic rings. The molecule has 0 radical (unpaired) electrons. The molecule has 0 saturated carbocycles. The van der Waals surface area contributed by atoms with Gasteiger partial charge in [-0.1, -0.05) is 17.7 Å². The number of hydrogen-bond donors (Lipinski definition) is 0. The number of fused-ring (bicyclic) bond motifs is 1.